The van der Waals surface area contributed by atoms with Crippen LogP contribution in [0.15, 0.2) is 52.4 Å². The van der Waals surface area contributed by atoms with Crippen LogP contribution in [0.25, 0.3) is 0 Å². The number of phenolic OH excluding ortho intramolecular Hbond substituents is 1. The lowest BCUT2D eigenvalue weighted by Crippen LogP contribution is -2.43. The monoisotopic (exact) mass is 555 g/mol. The van der Waals surface area contributed by atoms with Crippen molar-refractivity contribution < 1.29 is 9.90 Å². The molecule has 5 rings (SSSR count). The number of fused-ring (bicyclic) bond motifs is 3. The molecular formula is C27H30IN3O2. The second kappa shape index (κ2) is 9.95. The molecule has 2 atom stereocenters. The highest BCUT2D eigenvalue weighted by atomic mass is 127. The quantitative estimate of drug-likeness (QED) is 0.487. The highest BCUT2D eigenvalue weighted by molar-refractivity contribution is 14.1. The zero-order valence-electron chi connectivity index (χ0n) is 18.8. The van der Waals surface area contributed by atoms with Crippen molar-refractivity contribution in [3.8, 4) is 5.75 Å². The molecule has 3 aliphatic rings. The van der Waals surface area contributed by atoms with E-state index in [1.165, 1.54) is 43.2 Å². The predicted molar refractivity (Wildman–Crippen MR) is 140 cm³/mol. The van der Waals surface area contributed by atoms with Gasteiger partial charge in [0.1, 0.15) is 11.6 Å². The summed E-state index contributed by atoms with van der Waals surface area (Å²) < 4.78 is 1.16. The lowest BCUT2D eigenvalue weighted by atomic mass is 9.82. The Labute approximate surface area is 209 Å². The van der Waals surface area contributed by atoms with Gasteiger partial charge in [-0.2, -0.15) is 0 Å². The first-order valence-electron chi connectivity index (χ1n) is 12.1. The van der Waals surface area contributed by atoms with Gasteiger partial charge in [-0.25, -0.2) is 0 Å². The third kappa shape index (κ3) is 5.31. The average Bonchev–Trinajstić information content (AvgIpc) is 2.81. The summed E-state index contributed by atoms with van der Waals surface area (Å²) in [7, 11) is 0. The minimum Gasteiger partial charge on any atom is -0.508 e. The van der Waals surface area contributed by atoms with E-state index >= 15 is 0 Å². The first-order valence-corrected chi connectivity index (χ1v) is 13.1. The number of rotatable bonds is 4. The number of amidine groups is 1. The zero-order chi connectivity index (χ0) is 22.8. The van der Waals surface area contributed by atoms with Gasteiger partial charge < -0.3 is 10.4 Å². The van der Waals surface area contributed by atoms with Gasteiger partial charge >= 0.3 is 0 Å². The average molecular weight is 555 g/mol. The number of phenols is 1. The van der Waals surface area contributed by atoms with Gasteiger partial charge in [-0.3, -0.25) is 14.8 Å². The fraction of sp³-hybridized carbons (Fsp3) is 0.444. The smallest absolute Gasteiger partial charge is 0.229 e. The fourth-order valence-corrected chi connectivity index (χ4v) is 5.77. The number of amides is 1. The van der Waals surface area contributed by atoms with E-state index in [2.05, 4.69) is 27.9 Å². The van der Waals surface area contributed by atoms with E-state index in [1.807, 2.05) is 36.4 Å². The van der Waals surface area contributed by atoms with Crippen LogP contribution in [0.2, 0.25) is 0 Å². The summed E-state index contributed by atoms with van der Waals surface area (Å²) in [6.07, 6.45) is 9.27. The highest BCUT2D eigenvalue weighted by Crippen LogP contribution is 2.39. The van der Waals surface area contributed by atoms with E-state index in [0.717, 1.165) is 34.1 Å². The van der Waals surface area contributed by atoms with Crippen molar-refractivity contribution in [2.45, 2.75) is 69.9 Å². The molecule has 2 aromatic rings. The number of aryl methyl sites for hydroxylation is 1. The molecular weight excluding hydrogens is 525 g/mol. The van der Waals surface area contributed by atoms with Crippen LogP contribution in [0.3, 0.4) is 0 Å². The normalized spacial score (nSPS) is 22.6. The minimum absolute atomic E-state index is 0.0233. The molecule has 0 saturated heterocycles. The minimum atomic E-state index is -0.0362. The van der Waals surface area contributed by atoms with E-state index in [9.17, 15) is 9.90 Å². The molecule has 2 aliphatic carbocycles. The summed E-state index contributed by atoms with van der Waals surface area (Å²) in [5.74, 6) is 1.56. The summed E-state index contributed by atoms with van der Waals surface area (Å²) >= 11 is 2.27. The van der Waals surface area contributed by atoms with Crippen LogP contribution in [0.1, 0.15) is 67.7 Å². The summed E-state index contributed by atoms with van der Waals surface area (Å²) in [6.45, 7) is 0. The fourth-order valence-electron chi connectivity index (χ4n) is 5.41. The number of benzene rings is 2. The molecule has 0 bridgehead atoms. The van der Waals surface area contributed by atoms with Gasteiger partial charge in [0.2, 0.25) is 5.91 Å². The van der Waals surface area contributed by atoms with Crippen molar-refractivity contribution in [2.75, 3.05) is 0 Å². The lowest BCUT2D eigenvalue weighted by Gasteiger charge is -2.34. The molecule has 5 nitrogen and oxygen atoms in total. The van der Waals surface area contributed by atoms with Crippen molar-refractivity contribution in [1.82, 2.24) is 5.32 Å². The number of halogens is 1. The molecule has 0 radical (unpaired) electrons. The number of aliphatic imine (C=N–C) groups is 2. The highest BCUT2D eigenvalue weighted by Gasteiger charge is 2.35. The van der Waals surface area contributed by atoms with Gasteiger partial charge in [0.05, 0.1) is 24.2 Å². The molecule has 6 heteroatoms. The first kappa shape index (κ1) is 22.6. The summed E-state index contributed by atoms with van der Waals surface area (Å²) in [5.41, 5.74) is 4.27. The van der Waals surface area contributed by atoms with Gasteiger partial charge in [-0.1, -0.05) is 50.3 Å². The molecule has 1 amide bonds. The Hall–Kier alpha value is -2.22. The molecule has 2 unspecified atom stereocenters. The molecule has 0 aromatic heterocycles. The van der Waals surface area contributed by atoms with Crippen molar-refractivity contribution in [2.24, 2.45) is 15.9 Å². The molecule has 1 saturated carbocycles. The number of hydrogen-bond donors (Lipinski definition) is 2. The van der Waals surface area contributed by atoms with Crippen LogP contribution >= 0.6 is 22.6 Å². The Balaban J connectivity index is 1.39. The largest absolute Gasteiger partial charge is 0.508 e. The maximum absolute atomic E-state index is 12.9. The van der Waals surface area contributed by atoms with Crippen molar-refractivity contribution in [1.29, 1.82) is 0 Å². The molecule has 1 aliphatic heterocycles. The number of carbonyl (C=O) groups excluding carboxylic acids is 1. The van der Waals surface area contributed by atoms with Crippen molar-refractivity contribution in [3.05, 3.63) is 62.7 Å². The predicted octanol–water partition coefficient (Wildman–Crippen LogP) is 5.54. The van der Waals surface area contributed by atoms with Crippen LogP contribution < -0.4 is 5.32 Å². The van der Waals surface area contributed by atoms with Gasteiger partial charge in [0.15, 0.2) is 0 Å². The third-order valence-corrected chi connectivity index (χ3v) is 7.84. The molecule has 2 aromatic carbocycles. The molecule has 1 heterocycles. The zero-order valence-corrected chi connectivity index (χ0v) is 20.9. The van der Waals surface area contributed by atoms with Gasteiger partial charge in [-0.15, -0.1) is 0 Å². The Morgan fingerprint density at radius 1 is 1.03 bits per heavy atom. The van der Waals surface area contributed by atoms with Crippen molar-refractivity contribution in [3.63, 3.8) is 0 Å². The maximum Gasteiger partial charge on any atom is 0.229 e. The number of carbonyl (C=O) groups is 1. The topological polar surface area (TPSA) is 74.0 Å². The van der Waals surface area contributed by atoms with Crippen LogP contribution in [-0.2, 0) is 17.6 Å². The van der Waals surface area contributed by atoms with Gasteiger partial charge in [0.25, 0.3) is 0 Å². The number of nitrogens with one attached hydrogen (secondary N) is 1. The molecule has 33 heavy (non-hydrogen) atoms. The number of aromatic hydroxyl groups is 1. The van der Waals surface area contributed by atoms with E-state index < -0.39 is 0 Å². The van der Waals surface area contributed by atoms with Crippen LogP contribution in [-0.4, -0.2) is 28.6 Å². The van der Waals surface area contributed by atoms with E-state index in [-0.39, 0.29) is 18.0 Å². The molecule has 2 N–H and O–H groups in total. The SMILES string of the molecule is O=C(Cc1ccc(I)cc1)NC1=NC2CCc3cc(O)ccc3C2N=C1CC1CCCCC1. The van der Waals surface area contributed by atoms with Gasteiger partial charge in [-0.05, 0) is 88.7 Å². The van der Waals surface area contributed by atoms with E-state index in [1.54, 1.807) is 6.07 Å². The Morgan fingerprint density at radius 3 is 2.61 bits per heavy atom. The van der Waals surface area contributed by atoms with Crippen LogP contribution in [0.4, 0.5) is 0 Å². The number of hydrogen-bond acceptors (Lipinski definition) is 4. The molecule has 0 spiro atoms. The first-order chi connectivity index (χ1) is 16.0. The van der Waals surface area contributed by atoms with E-state index in [0.29, 0.717) is 23.9 Å². The second-order valence-electron chi connectivity index (χ2n) is 9.55. The van der Waals surface area contributed by atoms with Crippen molar-refractivity contribution >= 4 is 40.0 Å². The van der Waals surface area contributed by atoms with Crippen LogP contribution in [0, 0.1) is 9.49 Å². The summed E-state index contributed by atoms with van der Waals surface area (Å²) in [5, 5.41) is 13.0. The summed E-state index contributed by atoms with van der Waals surface area (Å²) in [4.78, 5) is 23.2. The second-order valence-corrected chi connectivity index (χ2v) is 10.8. The Morgan fingerprint density at radius 2 is 1.82 bits per heavy atom. The maximum atomic E-state index is 12.9. The number of nitrogens with zero attached hydrogens (tertiary/aromatic N) is 2. The molecule has 1 fully saturated rings. The lowest BCUT2D eigenvalue weighted by molar-refractivity contribution is -0.119. The van der Waals surface area contributed by atoms with Crippen LogP contribution in [0.5, 0.6) is 5.75 Å². The molecule has 172 valence electrons. The Kier molecular flexibility index (Phi) is 6.81. The standard InChI is InChI=1S/C27H30IN3O2/c28-20-9-6-18(7-10-20)15-25(33)31-27-24(14-17-4-2-1-3-5-17)29-26-22-12-11-21(32)16-19(22)8-13-23(26)30-27/h6-7,9-12,16-17,23,26,32H,1-5,8,13-15H2,(H,30,31,33). The third-order valence-electron chi connectivity index (χ3n) is 7.12. The summed E-state index contributed by atoms with van der Waals surface area (Å²) in [6, 6.07) is 13.7. The van der Waals surface area contributed by atoms with Gasteiger partial charge in [0, 0.05) is 3.57 Å². The Bertz CT molecular complexity index is 1090. The van der Waals surface area contributed by atoms with E-state index in [4.69, 9.17) is 9.98 Å².